The summed E-state index contributed by atoms with van der Waals surface area (Å²) in [7, 11) is 0. The quantitative estimate of drug-likeness (QED) is 0.702. The maximum absolute atomic E-state index is 13.3. The van der Waals surface area contributed by atoms with Gasteiger partial charge in [0.25, 0.3) is 5.91 Å². The molecule has 29 heavy (non-hydrogen) atoms. The van der Waals surface area contributed by atoms with Crippen molar-refractivity contribution in [1.29, 1.82) is 0 Å². The van der Waals surface area contributed by atoms with Crippen molar-refractivity contribution in [2.24, 2.45) is 0 Å². The van der Waals surface area contributed by atoms with Gasteiger partial charge in [0.2, 0.25) is 0 Å². The molecule has 0 saturated heterocycles. The lowest BCUT2D eigenvalue weighted by Gasteiger charge is -2.27. The molecule has 7 heteroatoms. The molecular formula is C22H22FN5O. The van der Waals surface area contributed by atoms with Crippen LogP contribution in [0.4, 0.5) is 4.39 Å². The van der Waals surface area contributed by atoms with Crippen LogP contribution in [0.3, 0.4) is 0 Å². The van der Waals surface area contributed by atoms with E-state index in [0.717, 1.165) is 31.5 Å². The Morgan fingerprint density at radius 2 is 1.97 bits per heavy atom. The molecule has 0 spiro atoms. The molecule has 5 rings (SSSR count). The highest BCUT2D eigenvalue weighted by Crippen LogP contribution is 2.42. The van der Waals surface area contributed by atoms with E-state index < -0.39 is 0 Å². The van der Waals surface area contributed by atoms with E-state index in [0.29, 0.717) is 17.9 Å². The molecule has 1 aliphatic carbocycles. The largest absolute Gasteiger partial charge is 0.349 e. The average molecular weight is 391 g/mol. The Hall–Kier alpha value is -3.06. The van der Waals surface area contributed by atoms with Crippen LogP contribution in [0.15, 0.2) is 48.5 Å². The highest BCUT2D eigenvalue weighted by Gasteiger charge is 2.34. The number of rotatable bonds is 5. The molecule has 0 bridgehead atoms. The molecule has 2 aliphatic rings. The maximum atomic E-state index is 13.3. The zero-order chi connectivity index (χ0) is 19.8. The molecule has 1 aromatic heterocycles. The summed E-state index contributed by atoms with van der Waals surface area (Å²) in [6, 6.07) is 14.5. The summed E-state index contributed by atoms with van der Waals surface area (Å²) in [6.07, 6.45) is 3.01. The van der Waals surface area contributed by atoms with Crippen molar-refractivity contribution in [2.45, 2.75) is 31.2 Å². The minimum absolute atomic E-state index is 0.0837. The van der Waals surface area contributed by atoms with Crippen LogP contribution in [0.5, 0.6) is 0 Å². The van der Waals surface area contributed by atoms with Gasteiger partial charge in [0.15, 0.2) is 5.69 Å². The predicted molar refractivity (Wildman–Crippen MR) is 107 cm³/mol. The minimum atomic E-state index is -0.305. The number of fused-ring (bicyclic) bond motifs is 1. The van der Waals surface area contributed by atoms with Gasteiger partial charge in [0.05, 0.1) is 11.4 Å². The third kappa shape index (κ3) is 3.53. The lowest BCUT2D eigenvalue weighted by atomic mass is 9.94. The third-order valence-corrected chi connectivity index (χ3v) is 5.64. The van der Waals surface area contributed by atoms with Crippen molar-refractivity contribution >= 4 is 5.91 Å². The number of benzene rings is 2. The Kier molecular flexibility index (Phi) is 4.60. The van der Waals surface area contributed by atoms with E-state index in [-0.39, 0.29) is 23.7 Å². The van der Waals surface area contributed by atoms with Gasteiger partial charge >= 0.3 is 0 Å². The van der Waals surface area contributed by atoms with Gasteiger partial charge in [0, 0.05) is 18.5 Å². The Labute approximate surface area is 168 Å². The molecule has 1 amide bonds. The van der Waals surface area contributed by atoms with E-state index in [1.807, 2.05) is 6.07 Å². The smallest absolute Gasteiger partial charge is 0.273 e. The van der Waals surface area contributed by atoms with Crippen LogP contribution in [0.25, 0.3) is 5.69 Å². The monoisotopic (exact) mass is 391 g/mol. The lowest BCUT2D eigenvalue weighted by molar-refractivity contribution is 0.0943. The molecular weight excluding hydrogens is 369 g/mol. The molecule has 0 radical (unpaired) electrons. The van der Waals surface area contributed by atoms with Crippen LogP contribution in [-0.2, 0) is 6.42 Å². The van der Waals surface area contributed by atoms with Crippen LogP contribution in [0.2, 0.25) is 0 Å². The van der Waals surface area contributed by atoms with E-state index in [4.69, 9.17) is 0 Å². The third-order valence-electron chi connectivity index (χ3n) is 5.64. The molecule has 1 fully saturated rings. The van der Waals surface area contributed by atoms with Crippen molar-refractivity contribution in [3.63, 3.8) is 0 Å². The predicted octanol–water partition coefficient (Wildman–Crippen LogP) is 2.90. The van der Waals surface area contributed by atoms with E-state index in [9.17, 15) is 9.18 Å². The minimum Gasteiger partial charge on any atom is -0.349 e. The van der Waals surface area contributed by atoms with E-state index >= 15 is 0 Å². The second kappa shape index (κ2) is 7.40. The van der Waals surface area contributed by atoms with Gasteiger partial charge in [-0.2, -0.15) is 0 Å². The Balaban J connectivity index is 1.36. The van der Waals surface area contributed by atoms with Crippen LogP contribution in [0, 0.1) is 5.82 Å². The number of hydrogen-bond donors (Lipinski definition) is 2. The molecule has 3 aromatic rings. The number of amides is 1. The number of aromatic nitrogens is 3. The Bertz CT molecular complexity index is 1040. The fourth-order valence-corrected chi connectivity index (χ4v) is 4.00. The molecule has 6 nitrogen and oxygen atoms in total. The van der Waals surface area contributed by atoms with E-state index in [1.165, 1.54) is 23.3 Å². The molecule has 1 atom stereocenters. The van der Waals surface area contributed by atoms with E-state index in [1.54, 1.807) is 16.8 Å². The highest BCUT2D eigenvalue weighted by molar-refractivity contribution is 5.93. The number of carbonyl (C=O) groups excluding carboxylic acids is 1. The number of hydrogen-bond acceptors (Lipinski definition) is 4. The summed E-state index contributed by atoms with van der Waals surface area (Å²) in [5, 5.41) is 14.9. The number of nitrogens with one attached hydrogen (secondary N) is 2. The summed E-state index contributed by atoms with van der Waals surface area (Å²) >= 11 is 0. The molecule has 2 aromatic carbocycles. The summed E-state index contributed by atoms with van der Waals surface area (Å²) < 4.78 is 14.9. The highest BCUT2D eigenvalue weighted by atomic mass is 19.1. The summed E-state index contributed by atoms with van der Waals surface area (Å²) in [5.74, 6) is -0.255. The van der Waals surface area contributed by atoms with Crippen molar-refractivity contribution in [2.75, 3.05) is 13.1 Å². The van der Waals surface area contributed by atoms with Gasteiger partial charge in [0.1, 0.15) is 5.82 Å². The fourth-order valence-electron chi connectivity index (χ4n) is 4.00. The molecule has 2 N–H and O–H groups in total. The number of carbonyl (C=O) groups is 1. The van der Waals surface area contributed by atoms with Gasteiger partial charge < -0.3 is 10.6 Å². The molecule has 2 heterocycles. The van der Waals surface area contributed by atoms with Gasteiger partial charge in [-0.1, -0.05) is 29.5 Å². The summed E-state index contributed by atoms with van der Waals surface area (Å²) in [4.78, 5) is 12.9. The number of halogens is 1. The van der Waals surface area contributed by atoms with Crippen LogP contribution >= 0.6 is 0 Å². The normalized spacial score (nSPS) is 18.3. The molecule has 148 valence electrons. The Morgan fingerprint density at radius 3 is 2.76 bits per heavy atom. The summed E-state index contributed by atoms with van der Waals surface area (Å²) in [6.45, 7) is 1.38. The SMILES string of the molecule is O=C(NCC1NCCc2ccccc21)c1nnn(-c2ccc(F)cc2)c1C1CC1. The first-order chi connectivity index (χ1) is 14.2. The first-order valence-corrected chi connectivity index (χ1v) is 10.0. The standard InChI is InChI=1S/C22H22FN5O/c23-16-7-9-17(10-8-16)28-21(15-5-6-15)20(26-27-28)22(29)25-13-19-18-4-2-1-3-14(18)11-12-24-19/h1-4,7-10,15,19,24H,5-6,11-13H2,(H,25,29). The number of nitrogens with zero attached hydrogens (tertiary/aromatic N) is 3. The zero-order valence-corrected chi connectivity index (χ0v) is 15.9. The topological polar surface area (TPSA) is 71.8 Å². The average Bonchev–Trinajstić information content (AvgIpc) is 3.50. The second-order valence-corrected chi connectivity index (χ2v) is 7.65. The zero-order valence-electron chi connectivity index (χ0n) is 15.9. The first-order valence-electron chi connectivity index (χ1n) is 10.0. The molecule has 1 saturated carbocycles. The van der Waals surface area contributed by atoms with Gasteiger partial charge in [-0.15, -0.1) is 5.10 Å². The molecule has 1 unspecified atom stereocenters. The van der Waals surface area contributed by atoms with Crippen molar-refractivity contribution < 1.29 is 9.18 Å². The van der Waals surface area contributed by atoms with Crippen molar-refractivity contribution in [1.82, 2.24) is 25.6 Å². The summed E-state index contributed by atoms with van der Waals surface area (Å²) in [5.41, 5.74) is 4.44. The first kappa shape index (κ1) is 18.0. The van der Waals surface area contributed by atoms with E-state index in [2.05, 4.69) is 39.1 Å². The lowest BCUT2D eigenvalue weighted by Crippen LogP contribution is -2.39. The van der Waals surface area contributed by atoms with Crippen LogP contribution < -0.4 is 10.6 Å². The van der Waals surface area contributed by atoms with Crippen molar-refractivity contribution in [3.8, 4) is 5.69 Å². The van der Waals surface area contributed by atoms with Crippen LogP contribution in [0.1, 0.15) is 52.1 Å². The second-order valence-electron chi connectivity index (χ2n) is 7.65. The molecule has 1 aliphatic heterocycles. The van der Waals surface area contributed by atoms with Crippen LogP contribution in [-0.4, -0.2) is 34.0 Å². The van der Waals surface area contributed by atoms with Crippen molar-refractivity contribution in [3.05, 3.63) is 76.9 Å². The van der Waals surface area contributed by atoms with Gasteiger partial charge in [-0.3, -0.25) is 4.79 Å². The van der Waals surface area contributed by atoms with Gasteiger partial charge in [-0.25, -0.2) is 9.07 Å². The fraction of sp³-hybridized carbons (Fsp3) is 0.318. The van der Waals surface area contributed by atoms with Gasteiger partial charge in [-0.05, 0) is 61.2 Å². The Morgan fingerprint density at radius 1 is 1.17 bits per heavy atom. The maximum Gasteiger partial charge on any atom is 0.273 e.